The van der Waals surface area contributed by atoms with Gasteiger partial charge in [-0.15, -0.1) is 0 Å². The summed E-state index contributed by atoms with van der Waals surface area (Å²) in [5, 5.41) is 8.78. The van der Waals surface area contributed by atoms with Gasteiger partial charge in [-0.25, -0.2) is 18.9 Å². The number of rotatable bonds is 4. The molecule has 0 aliphatic heterocycles. The van der Waals surface area contributed by atoms with E-state index in [-0.39, 0.29) is 5.82 Å². The summed E-state index contributed by atoms with van der Waals surface area (Å²) in [6.07, 6.45) is 8.31. The highest BCUT2D eigenvalue weighted by atomic mass is 35.5. The lowest BCUT2D eigenvalue weighted by Crippen LogP contribution is -2.16. The largest absolute Gasteiger partial charge is 0.351 e. The van der Waals surface area contributed by atoms with Crippen LogP contribution in [0.1, 0.15) is 25.7 Å². The minimum absolute atomic E-state index is 0.285. The number of nitrogens with zero attached hydrogens (tertiary/aromatic N) is 4. The van der Waals surface area contributed by atoms with E-state index in [4.69, 9.17) is 21.7 Å². The lowest BCUT2D eigenvalue weighted by atomic mass is 10.0. The molecule has 0 saturated heterocycles. The molecule has 3 aromatic heterocycles. The molecular weight excluding hydrogens is 389 g/mol. The quantitative estimate of drug-likeness (QED) is 0.478. The van der Waals surface area contributed by atoms with Crippen molar-refractivity contribution in [2.75, 3.05) is 5.32 Å². The fraction of sp³-hybridized carbons (Fsp3) is 0.227. The Kier molecular flexibility index (Phi) is 4.64. The topological polar surface area (TPSA) is 55.1 Å². The summed E-state index contributed by atoms with van der Waals surface area (Å²) < 4.78 is 15.2. The molecule has 1 aliphatic rings. The van der Waals surface area contributed by atoms with Crippen LogP contribution in [0.3, 0.4) is 0 Å². The molecule has 5 rings (SSSR count). The Morgan fingerprint density at radius 2 is 1.86 bits per heavy atom. The number of anilines is 1. The number of halogens is 2. The van der Waals surface area contributed by atoms with E-state index < -0.39 is 0 Å². The molecule has 1 aromatic carbocycles. The first-order valence-electron chi connectivity index (χ1n) is 9.71. The third-order valence-electron chi connectivity index (χ3n) is 5.31. The molecule has 1 N–H and O–H groups in total. The number of aromatic nitrogens is 4. The second kappa shape index (κ2) is 7.44. The van der Waals surface area contributed by atoms with Crippen LogP contribution in [0.2, 0.25) is 5.02 Å². The van der Waals surface area contributed by atoms with Gasteiger partial charge in [0.1, 0.15) is 11.5 Å². The van der Waals surface area contributed by atoms with E-state index in [0.29, 0.717) is 17.0 Å². The van der Waals surface area contributed by atoms with E-state index in [1.807, 2.05) is 18.3 Å². The predicted octanol–water partition coefficient (Wildman–Crippen LogP) is 5.61. The molecule has 0 atom stereocenters. The van der Waals surface area contributed by atoms with Crippen molar-refractivity contribution in [2.45, 2.75) is 31.7 Å². The standard InChI is InChI=1S/C22H19ClFN5/c23-15-10-12-29-19(13-15)20(21(28-29)14-5-7-16(24)8-6-14)18-9-11-25-22(27-18)26-17-3-1-2-4-17/h5-13,17H,1-4H2,(H,25,26,27). The first kappa shape index (κ1) is 18.1. The van der Waals surface area contributed by atoms with Crippen molar-refractivity contribution in [3.63, 3.8) is 0 Å². The van der Waals surface area contributed by atoms with Gasteiger partial charge in [0.15, 0.2) is 0 Å². The minimum Gasteiger partial charge on any atom is -0.351 e. The van der Waals surface area contributed by atoms with Gasteiger partial charge in [-0.3, -0.25) is 0 Å². The molecule has 0 amide bonds. The molecule has 0 bridgehead atoms. The normalized spacial score (nSPS) is 14.6. The highest BCUT2D eigenvalue weighted by Gasteiger charge is 2.20. The fourth-order valence-electron chi connectivity index (χ4n) is 3.90. The van der Waals surface area contributed by atoms with Crippen molar-refractivity contribution in [1.29, 1.82) is 0 Å². The average molecular weight is 408 g/mol. The molecule has 29 heavy (non-hydrogen) atoms. The van der Waals surface area contributed by atoms with Crippen molar-refractivity contribution in [1.82, 2.24) is 19.6 Å². The Morgan fingerprint density at radius 1 is 1.07 bits per heavy atom. The van der Waals surface area contributed by atoms with Crippen LogP contribution in [-0.4, -0.2) is 25.6 Å². The maximum Gasteiger partial charge on any atom is 0.223 e. The SMILES string of the molecule is Fc1ccc(-c2nn3ccc(Cl)cc3c2-c2ccnc(NC3CCCC3)n2)cc1. The molecule has 146 valence electrons. The Labute approximate surface area is 172 Å². The van der Waals surface area contributed by atoms with Crippen molar-refractivity contribution in [2.24, 2.45) is 0 Å². The van der Waals surface area contributed by atoms with Crippen LogP contribution in [0.25, 0.3) is 28.0 Å². The van der Waals surface area contributed by atoms with Gasteiger partial charge in [0.25, 0.3) is 0 Å². The van der Waals surface area contributed by atoms with Gasteiger partial charge in [0.2, 0.25) is 5.95 Å². The molecular formula is C22H19ClFN5. The smallest absolute Gasteiger partial charge is 0.223 e. The Bertz CT molecular complexity index is 1170. The number of benzene rings is 1. The summed E-state index contributed by atoms with van der Waals surface area (Å²) in [7, 11) is 0. The molecule has 3 heterocycles. The zero-order valence-corrected chi connectivity index (χ0v) is 16.4. The van der Waals surface area contributed by atoms with Gasteiger partial charge < -0.3 is 5.32 Å². The third kappa shape index (κ3) is 3.56. The molecule has 7 heteroatoms. The van der Waals surface area contributed by atoms with E-state index >= 15 is 0 Å². The maximum absolute atomic E-state index is 13.5. The van der Waals surface area contributed by atoms with Gasteiger partial charge >= 0.3 is 0 Å². The van der Waals surface area contributed by atoms with Crippen molar-refractivity contribution in [3.05, 3.63) is 65.7 Å². The molecule has 5 nitrogen and oxygen atoms in total. The zero-order valence-electron chi connectivity index (χ0n) is 15.6. The monoisotopic (exact) mass is 407 g/mol. The second-order valence-electron chi connectivity index (χ2n) is 7.30. The van der Waals surface area contributed by atoms with E-state index in [1.165, 1.54) is 25.0 Å². The summed E-state index contributed by atoms with van der Waals surface area (Å²) in [6.45, 7) is 0. The highest BCUT2D eigenvalue weighted by Crippen LogP contribution is 2.35. The Hall–Kier alpha value is -2.99. The number of hydrogen-bond acceptors (Lipinski definition) is 4. The maximum atomic E-state index is 13.5. The highest BCUT2D eigenvalue weighted by molar-refractivity contribution is 6.31. The van der Waals surface area contributed by atoms with Gasteiger partial charge in [-0.2, -0.15) is 5.10 Å². The van der Waals surface area contributed by atoms with Gasteiger partial charge in [-0.1, -0.05) is 24.4 Å². The van der Waals surface area contributed by atoms with Gasteiger partial charge in [-0.05, 0) is 55.3 Å². The van der Waals surface area contributed by atoms with Gasteiger partial charge in [0.05, 0.1) is 16.8 Å². The van der Waals surface area contributed by atoms with Gasteiger partial charge in [0, 0.05) is 29.0 Å². The summed E-state index contributed by atoms with van der Waals surface area (Å²) in [5.74, 6) is 0.327. The summed E-state index contributed by atoms with van der Waals surface area (Å²) in [5.41, 5.74) is 3.96. The molecule has 0 spiro atoms. The number of pyridine rings is 1. The summed E-state index contributed by atoms with van der Waals surface area (Å²) >= 11 is 6.26. The van der Waals surface area contributed by atoms with Crippen LogP contribution in [-0.2, 0) is 0 Å². The van der Waals surface area contributed by atoms with Crippen LogP contribution >= 0.6 is 11.6 Å². The van der Waals surface area contributed by atoms with Crippen LogP contribution < -0.4 is 5.32 Å². The van der Waals surface area contributed by atoms with Crippen LogP contribution in [0.4, 0.5) is 10.3 Å². The molecule has 0 radical (unpaired) electrons. The Balaban J connectivity index is 1.65. The number of hydrogen-bond donors (Lipinski definition) is 1. The lowest BCUT2D eigenvalue weighted by molar-refractivity contribution is 0.628. The second-order valence-corrected chi connectivity index (χ2v) is 7.73. The number of nitrogens with one attached hydrogen (secondary N) is 1. The lowest BCUT2D eigenvalue weighted by Gasteiger charge is -2.12. The third-order valence-corrected chi connectivity index (χ3v) is 5.55. The number of fused-ring (bicyclic) bond motifs is 1. The summed E-state index contributed by atoms with van der Waals surface area (Å²) in [4.78, 5) is 9.17. The minimum atomic E-state index is -0.285. The zero-order chi connectivity index (χ0) is 19.8. The molecule has 1 aliphatic carbocycles. The van der Waals surface area contributed by atoms with Crippen molar-refractivity contribution < 1.29 is 4.39 Å². The molecule has 0 unspecified atom stereocenters. The molecule has 1 fully saturated rings. The molecule has 4 aromatic rings. The van der Waals surface area contributed by atoms with Crippen LogP contribution in [0.5, 0.6) is 0 Å². The van der Waals surface area contributed by atoms with E-state index in [2.05, 4.69) is 10.3 Å². The first-order valence-corrected chi connectivity index (χ1v) is 10.1. The predicted molar refractivity (Wildman–Crippen MR) is 113 cm³/mol. The first-order chi connectivity index (χ1) is 14.2. The fourth-order valence-corrected chi connectivity index (χ4v) is 4.06. The average Bonchev–Trinajstić information content (AvgIpc) is 3.36. The van der Waals surface area contributed by atoms with E-state index in [0.717, 1.165) is 40.9 Å². The van der Waals surface area contributed by atoms with E-state index in [9.17, 15) is 4.39 Å². The van der Waals surface area contributed by atoms with E-state index in [1.54, 1.807) is 28.9 Å². The summed E-state index contributed by atoms with van der Waals surface area (Å²) in [6, 6.07) is 12.2. The van der Waals surface area contributed by atoms with Crippen molar-refractivity contribution in [3.8, 4) is 22.5 Å². The Morgan fingerprint density at radius 3 is 2.66 bits per heavy atom. The van der Waals surface area contributed by atoms with Crippen LogP contribution in [0.15, 0.2) is 54.9 Å². The molecule has 1 saturated carbocycles. The van der Waals surface area contributed by atoms with Crippen molar-refractivity contribution >= 4 is 23.1 Å². The van der Waals surface area contributed by atoms with Crippen LogP contribution in [0, 0.1) is 5.82 Å².